The number of carboxylic acid groups (broad SMARTS) is 1. The Morgan fingerprint density at radius 2 is 1.73 bits per heavy atom. The van der Waals surface area contributed by atoms with E-state index >= 15 is 0 Å². The molecule has 0 fully saturated rings. The number of hydrogen-bond donors (Lipinski definition) is 1. The number of aliphatic carboxylic acids is 1. The number of unbranched alkanes of at least 4 members (excludes halogenated alkanes) is 4. The Balaban J connectivity index is 0. The first-order valence-electron chi connectivity index (χ1n) is 3.99. The molecule has 0 amide bonds. The Hall–Kier alpha value is 0.132. The maximum atomic E-state index is 10.0. The van der Waals surface area contributed by atoms with Gasteiger partial charge in [-0.15, -0.1) is 0 Å². The first kappa shape index (κ1) is 13.7. The molecule has 0 aliphatic rings. The zero-order valence-corrected chi connectivity index (χ0v) is 8.47. The molecule has 0 spiro atoms. The summed E-state index contributed by atoms with van der Waals surface area (Å²) in [5.41, 5.74) is 0. The second kappa shape index (κ2) is 10.1. The number of rotatable bonds is 6. The van der Waals surface area contributed by atoms with Crippen molar-refractivity contribution in [2.45, 2.75) is 45.4 Å². The predicted molar refractivity (Wildman–Crippen MR) is 41.0 cm³/mol. The largest absolute Gasteiger partial charge is 0.481 e. The number of carboxylic acids is 1. The van der Waals surface area contributed by atoms with Gasteiger partial charge in [0.2, 0.25) is 0 Å². The van der Waals surface area contributed by atoms with Gasteiger partial charge < -0.3 is 5.11 Å². The summed E-state index contributed by atoms with van der Waals surface area (Å²) in [5.74, 6) is -0.670. The van der Waals surface area contributed by atoms with Crippen molar-refractivity contribution >= 4 is 5.97 Å². The Bertz CT molecular complexity index is 94.1. The first-order valence-corrected chi connectivity index (χ1v) is 3.99. The van der Waals surface area contributed by atoms with E-state index in [0.29, 0.717) is 6.42 Å². The van der Waals surface area contributed by atoms with E-state index < -0.39 is 5.97 Å². The standard InChI is InChI=1S/C8H16O2.Pd/c1-2-3-4-5-6-7-8(9)10;/h2-7H2,1H3,(H,9,10);. The van der Waals surface area contributed by atoms with Crippen molar-refractivity contribution < 1.29 is 30.3 Å². The summed E-state index contributed by atoms with van der Waals surface area (Å²) in [5, 5.41) is 8.27. The van der Waals surface area contributed by atoms with Gasteiger partial charge in [0.25, 0.3) is 0 Å². The van der Waals surface area contributed by atoms with E-state index in [1.807, 2.05) is 0 Å². The van der Waals surface area contributed by atoms with Crippen LogP contribution >= 0.6 is 0 Å². The van der Waals surface area contributed by atoms with E-state index in [1.165, 1.54) is 19.3 Å². The smallest absolute Gasteiger partial charge is 0.303 e. The van der Waals surface area contributed by atoms with Crippen LogP contribution in [0.15, 0.2) is 0 Å². The third-order valence-corrected chi connectivity index (χ3v) is 1.49. The molecule has 0 atom stereocenters. The molecule has 0 aromatic rings. The molecular weight excluding hydrogens is 235 g/mol. The third kappa shape index (κ3) is 13.2. The molecule has 0 aliphatic carbocycles. The monoisotopic (exact) mass is 250 g/mol. The Morgan fingerprint density at radius 3 is 2.18 bits per heavy atom. The minimum atomic E-state index is -0.670. The van der Waals surface area contributed by atoms with Gasteiger partial charge in [0.1, 0.15) is 0 Å². The van der Waals surface area contributed by atoms with Gasteiger partial charge in [-0.3, -0.25) is 4.79 Å². The molecule has 11 heavy (non-hydrogen) atoms. The van der Waals surface area contributed by atoms with Crippen LogP contribution < -0.4 is 0 Å². The molecule has 0 aromatic carbocycles. The van der Waals surface area contributed by atoms with Crippen LogP contribution in [0.3, 0.4) is 0 Å². The van der Waals surface area contributed by atoms with E-state index in [1.54, 1.807) is 0 Å². The van der Waals surface area contributed by atoms with Crippen molar-refractivity contribution in [2.75, 3.05) is 0 Å². The molecule has 0 saturated carbocycles. The Labute approximate surface area is 82.0 Å². The molecular formula is C8H16O2Pd. The third-order valence-electron chi connectivity index (χ3n) is 1.49. The fourth-order valence-corrected chi connectivity index (χ4v) is 0.880. The van der Waals surface area contributed by atoms with Crippen LogP contribution in [0.5, 0.6) is 0 Å². The fraction of sp³-hybridized carbons (Fsp3) is 0.875. The first-order chi connectivity index (χ1) is 4.77. The molecule has 0 aromatic heterocycles. The topological polar surface area (TPSA) is 37.3 Å². The molecule has 70 valence electrons. The van der Waals surface area contributed by atoms with Crippen LogP contribution in [0.25, 0.3) is 0 Å². The SMILES string of the molecule is CCCCCCCC(=O)O.[Pd]. The van der Waals surface area contributed by atoms with Crippen LogP contribution in [-0.4, -0.2) is 11.1 Å². The van der Waals surface area contributed by atoms with Crippen LogP contribution in [0.1, 0.15) is 45.4 Å². The van der Waals surface area contributed by atoms with Gasteiger partial charge in [-0.1, -0.05) is 32.6 Å². The molecule has 3 heteroatoms. The van der Waals surface area contributed by atoms with Gasteiger partial charge in [0.05, 0.1) is 0 Å². The minimum absolute atomic E-state index is 0. The van der Waals surface area contributed by atoms with Crippen LogP contribution in [0.4, 0.5) is 0 Å². The molecule has 0 saturated heterocycles. The molecule has 0 radical (unpaired) electrons. The van der Waals surface area contributed by atoms with Crippen molar-refractivity contribution in [1.82, 2.24) is 0 Å². The second-order valence-electron chi connectivity index (χ2n) is 2.56. The zero-order chi connectivity index (χ0) is 7.82. The summed E-state index contributed by atoms with van der Waals surface area (Å²) in [6.07, 6.45) is 5.88. The molecule has 0 rings (SSSR count). The van der Waals surface area contributed by atoms with Crippen molar-refractivity contribution in [3.8, 4) is 0 Å². The van der Waals surface area contributed by atoms with Crippen LogP contribution in [0.2, 0.25) is 0 Å². The summed E-state index contributed by atoms with van der Waals surface area (Å²) in [4.78, 5) is 10.0. The normalized spacial score (nSPS) is 8.82. The summed E-state index contributed by atoms with van der Waals surface area (Å²) in [6, 6.07) is 0. The summed E-state index contributed by atoms with van der Waals surface area (Å²) < 4.78 is 0. The van der Waals surface area contributed by atoms with Crippen LogP contribution in [0, 0.1) is 0 Å². The van der Waals surface area contributed by atoms with Crippen molar-refractivity contribution in [2.24, 2.45) is 0 Å². The predicted octanol–water partition coefficient (Wildman–Crippen LogP) is 2.43. The Kier molecular flexibility index (Phi) is 12.6. The van der Waals surface area contributed by atoms with Crippen LogP contribution in [-0.2, 0) is 25.2 Å². The second-order valence-corrected chi connectivity index (χ2v) is 2.56. The van der Waals surface area contributed by atoms with E-state index in [-0.39, 0.29) is 20.4 Å². The van der Waals surface area contributed by atoms with Gasteiger partial charge in [-0.05, 0) is 6.42 Å². The summed E-state index contributed by atoms with van der Waals surface area (Å²) >= 11 is 0. The maximum Gasteiger partial charge on any atom is 0.303 e. The van der Waals surface area contributed by atoms with Gasteiger partial charge in [0.15, 0.2) is 0 Å². The molecule has 0 bridgehead atoms. The molecule has 2 nitrogen and oxygen atoms in total. The maximum absolute atomic E-state index is 10.0. The molecule has 0 unspecified atom stereocenters. The van der Waals surface area contributed by atoms with Gasteiger partial charge >= 0.3 is 5.97 Å². The van der Waals surface area contributed by atoms with E-state index in [2.05, 4.69) is 6.92 Å². The zero-order valence-electron chi connectivity index (χ0n) is 6.91. The van der Waals surface area contributed by atoms with Gasteiger partial charge in [-0.2, -0.15) is 0 Å². The summed E-state index contributed by atoms with van der Waals surface area (Å²) in [7, 11) is 0. The molecule has 0 aliphatic heterocycles. The fourth-order valence-electron chi connectivity index (χ4n) is 0.880. The quantitative estimate of drug-likeness (QED) is 0.581. The average Bonchev–Trinajstić information content (AvgIpc) is 1.87. The van der Waals surface area contributed by atoms with Gasteiger partial charge in [-0.25, -0.2) is 0 Å². The van der Waals surface area contributed by atoms with Gasteiger partial charge in [0, 0.05) is 26.8 Å². The van der Waals surface area contributed by atoms with Crippen molar-refractivity contribution in [3.63, 3.8) is 0 Å². The van der Waals surface area contributed by atoms with Crippen molar-refractivity contribution in [1.29, 1.82) is 0 Å². The summed E-state index contributed by atoms with van der Waals surface area (Å²) in [6.45, 7) is 2.15. The van der Waals surface area contributed by atoms with Crippen molar-refractivity contribution in [3.05, 3.63) is 0 Å². The minimum Gasteiger partial charge on any atom is -0.481 e. The van der Waals surface area contributed by atoms with E-state index in [9.17, 15) is 4.79 Å². The molecule has 1 N–H and O–H groups in total. The Morgan fingerprint density at radius 1 is 1.18 bits per heavy atom. The average molecular weight is 251 g/mol. The number of carbonyl (C=O) groups is 1. The number of hydrogen-bond acceptors (Lipinski definition) is 1. The van der Waals surface area contributed by atoms with E-state index in [4.69, 9.17) is 5.11 Å². The van der Waals surface area contributed by atoms with E-state index in [0.717, 1.165) is 12.8 Å². The molecule has 0 heterocycles.